The zero-order valence-electron chi connectivity index (χ0n) is 29.7. The lowest BCUT2D eigenvalue weighted by molar-refractivity contribution is -0.164. The largest absolute Gasteiger partial charge is 0.490 e. The van der Waals surface area contributed by atoms with Gasteiger partial charge in [0.25, 0.3) is 0 Å². The summed E-state index contributed by atoms with van der Waals surface area (Å²) in [5, 5.41) is 14.8. The minimum absolute atomic E-state index is 0.0308. The predicted molar refractivity (Wildman–Crippen MR) is 189 cm³/mol. The van der Waals surface area contributed by atoms with Crippen molar-refractivity contribution in [3.63, 3.8) is 0 Å². The number of esters is 1. The van der Waals surface area contributed by atoms with E-state index in [-0.39, 0.29) is 11.7 Å². The zero-order valence-corrected chi connectivity index (χ0v) is 29.7. The number of carbonyl (C=O) groups excluding carboxylic acids is 1. The molecule has 4 aromatic rings. The van der Waals surface area contributed by atoms with Crippen LogP contribution in [0.5, 0.6) is 5.75 Å². The molecule has 2 aromatic carbocycles. The van der Waals surface area contributed by atoms with Gasteiger partial charge in [-0.3, -0.25) is 0 Å². The molecule has 2 atom stereocenters. The van der Waals surface area contributed by atoms with Crippen LogP contribution in [0, 0.1) is 18.3 Å². The quantitative estimate of drug-likeness (QED) is 0.204. The minimum atomic E-state index is -1.000. The lowest BCUT2D eigenvalue weighted by atomic mass is 9.92. The maximum absolute atomic E-state index is 13.4. The van der Waals surface area contributed by atoms with Crippen molar-refractivity contribution < 1.29 is 23.7 Å². The molecule has 2 aromatic heterocycles. The van der Waals surface area contributed by atoms with Crippen molar-refractivity contribution in [1.82, 2.24) is 14.6 Å². The minimum Gasteiger partial charge on any atom is -0.490 e. The van der Waals surface area contributed by atoms with Crippen LogP contribution in [0.3, 0.4) is 0 Å². The van der Waals surface area contributed by atoms with Gasteiger partial charge in [-0.1, -0.05) is 18.2 Å². The summed E-state index contributed by atoms with van der Waals surface area (Å²) in [6, 6.07) is 18.0. The fraction of sp³-hybridized carbons (Fsp3) is 0.487. The highest BCUT2D eigenvalue weighted by molar-refractivity contribution is 5.81. The number of nitrogens with zero attached hydrogens (tertiary/aromatic N) is 5. The molecule has 0 amide bonds. The standard InChI is InChI=1S/C39H47N5O5/c1-25-11-8-9-20-47-39(6)16-18-43(19-17-39)36-34(35(37(45)46-7)49-38(3,4)5)26(2)41-33-23-31(42-44(33)36)29-13-10-12-28(22-29)30-15-14-27(24-40)21-32(30)48-25/h10,12-15,21-23,25,35H,8-9,11,16-20H2,1-7H3/t25-,35-/m0/s1. The monoisotopic (exact) mass is 665 g/mol. The van der Waals surface area contributed by atoms with Gasteiger partial charge in [-0.15, -0.1) is 0 Å². The molecule has 5 heterocycles. The molecule has 0 saturated carbocycles. The third kappa shape index (κ3) is 7.43. The normalized spacial score (nSPS) is 20.7. The highest BCUT2D eigenvalue weighted by Crippen LogP contribution is 2.40. The fourth-order valence-electron chi connectivity index (χ4n) is 6.79. The van der Waals surface area contributed by atoms with E-state index < -0.39 is 17.7 Å². The molecule has 7 rings (SSSR count). The van der Waals surface area contributed by atoms with Crippen molar-refractivity contribution in [3.8, 4) is 34.2 Å². The van der Waals surface area contributed by atoms with E-state index in [1.54, 1.807) is 0 Å². The molecule has 0 unspecified atom stereocenters. The second-order valence-electron chi connectivity index (χ2n) is 14.5. The Morgan fingerprint density at radius 2 is 1.86 bits per heavy atom. The molecule has 10 heteroatoms. The number of ether oxygens (including phenoxy) is 4. The third-order valence-electron chi connectivity index (χ3n) is 9.44. The molecule has 0 aliphatic carbocycles. The van der Waals surface area contributed by atoms with Crippen LogP contribution in [-0.2, 0) is 19.0 Å². The molecular weight excluding hydrogens is 618 g/mol. The summed E-state index contributed by atoms with van der Waals surface area (Å²) < 4.78 is 26.6. The van der Waals surface area contributed by atoms with Crippen LogP contribution in [0.25, 0.3) is 28.0 Å². The van der Waals surface area contributed by atoms with Gasteiger partial charge in [0.05, 0.1) is 47.3 Å². The maximum atomic E-state index is 13.4. The summed E-state index contributed by atoms with van der Waals surface area (Å²) in [6.07, 6.45) is 3.36. The zero-order chi connectivity index (χ0) is 34.9. The first-order chi connectivity index (χ1) is 23.4. The summed E-state index contributed by atoms with van der Waals surface area (Å²) in [6.45, 7) is 14.1. The Hall–Kier alpha value is -4.46. The number of carbonyl (C=O) groups is 1. The lowest BCUT2D eigenvalue weighted by Crippen LogP contribution is -2.46. The van der Waals surface area contributed by atoms with Crippen LogP contribution < -0.4 is 9.64 Å². The van der Waals surface area contributed by atoms with Crippen LogP contribution in [-0.4, -0.2) is 64.7 Å². The first-order valence-electron chi connectivity index (χ1n) is 17.2. The Morgan fingerprint density at radius 3 is 2.57 bits per heavy atom. The van der Waals surface area contributed by atoms with Gasteiger partial charge < -0.3 is 23.8 Å². The molecule has 0 spiro atoms. The van der Waals surface area contributed by atoms with E-state index in [2.05, 4.69) is 30.9 Å². The number of anilines is 1. The van der Waals surface area contributed by atoms with E-state index in [0.717, 1.165) is 60.3 Å². The van der Waals surface area contributed by atoms with Crippen molar-refractivity contribution in [2.24, 2.45) is 0 Å². The summed E-state index contributed by atoms with van der Waals surface area (Å²) in [5.41, 5.74) is 5.15. The van der Waals surface area contributed by atoms with E-state index >= 15 is 0 Å². The second-order valence-corrected chi connectivity index (χ2v) is 14.5. The van der Waals surface area contributed by atoms with Crippen LogP contribution in [0.4, 0.5) is 5.82 Å². The smallest absolute Gasteiger partial charge is 0.339 e. The second kappa shape index (κ2) is 13.8. The van der Waals surface area contributed by atoms with E-state index in [1.165, 1.54) is 7.11 Å². The molecule has 0 N–H and O–H groups in total. The summed E-state index contributed by atoms with van der Waals surface area (Å²) >= 11 is 0. The number of fused-ring (bicyclic) bond motifs is 8. The van der Waals surface area contributed by atoms with Crippen LogP contribution in [0.2, 0.25) is 0 Å². The molecule has 49 heavy (non-hydrogen) atoms. The van der Waals surface area contributed by atoms with E-state index in [4.69, 9.17) is 29.0 Å². The van der Waals surface area contributed by atoms with Crippen molar-refractivity contribution in [2.75, 3.05) is 31.7 Å². The first-order valence-corrected chi connectivity index (χ1v) is 17.2. The number of aryl methyl sites for hydroxylation is 1. The van der Waals surface area contributed by atoms with Gasteiger partial charge >= 0.3 is 5.97 Å². The average molecular weight is 666 g/mol. The number of hydrogen-bond acceptors (Lipinski definition) is 9. The Balaban J connectivity index is 1.54. The highest BCUT2D eigenvalue weighted by atomic mass is 16.6. The molecule has 3 aliphatic heterocycles. The predicted octanol–water partition coefficient (Wildman–Crippen LogP) is 7.60. The number of piperidine rings is 1. The van der Waals surface area contributed by atoms with Crippen LogP contribution >= 0.6 is 0 Å². The molecule has 3 aliphatic rings. The highest BCUT2D eigenvalue weighted by Gasteiger charge is 2.38. The van der Waals surface area contributed by atoms with Crippen LogP contribution in [0.15, 0.2) is 48.5 Å². The summed E-state index contributed by atoms with van der Waals surface area (Å²) in [4.78, 5) is 20.7. The van der Waals surface area contributed by atoms with Gasteiger partial charge in [0.2, 0.25) is 0 Å². The molecule has 10 nitrogen and oxygen atoms in total. The Morgan fingerprint density at radius 1 is 1.10 bits per heavy atom. The number of benzene rings is 2. The van der Waals surface area contributed by atoms with Crippen LogP contribution in [0.1, 0.15) is 89.6 Å². The molecule has 1 saturated heterocycles. The number of nitriles is 1. The number of hydrogen-bond donors (Lipinski definition) is 0. The molecule has 258 valence electrons. The van der Waals surface area contributed by atoms with Gasteiger partial charge in [-0.05, 0) is 103 Å². The number of methoxy groups -OCH3 is 1. The van der Waals surface area contributed by atoms with Gasteiger partial charge in [0.1, 0.15) is 11.6 Å². The van der Waals surface area contributed by atoms with Crippen molar-refractivity contribution in [1.29, 1.82) is 5.26 Å². The molecule has 1 fully saturated rings. The summed E-state index contributed by atoms with van der Waals surface area (Å²) in [5.74, 6) is 0.971. The van der Waals surface area contributed by atoms with Crippen molar-refractivity contribution in [3.05, 3.63) is 65.4 Å². The van der Waals surface area contributed by atoms with Gasteiger partial charge in [0.15, 0.2) is 11.8 Å². The van der Waals surface area contributed by atoms with Gasteiger partial charge in [-0.25, -0.2) is 9.78 Å². The Bertz CT molecular complexity index is 1880. The van der Waals surface area contributed by atoms with E-state index in [9.17, 15) is 10.1 Å². The third-order valence-corrected chi connectivity index (χ3v) is 9.44. The molecule has 0 radical (unpaired) electrons. The van der Waals surface area contributed by atoms with Gasteiger partial charge in [-0.2, -0.15) is 14.9 Å². The van der Waals surface area contributed by atoms with Crippen molar-refractivity contribution >= 4 is 17.4 Å². The number of aromatic nitrogens is 3. The topological polar surface area (TPSA) is 111 Å². The molecular formula is C39H47N5O5. The van der Waals surface area contributed by atoms with E-state index in [0.29, 0.717) is 47.9 Å². The number of rotatable bonds is 3. The molecule has 6 bridgehead atoms. The SMILES string of the molecule is COC(=O)[C@@H](OC(C)(C)C)c1c(C)nc2cc3nn2c1N1CCC(C)(CC1)OCCCC[C@H](C)Oc1cc(C#N)ccc1-c1cccc-3c1. The van der Waals surface area contributed by atoms with E-state index in [1.807, 2.05) is 74.7 Å². The fourth-order valence-corrected chi connectivity index (χ4v) is 6.79. The van der Waals surface area contributed by atoms with Gasteiger partial charge in [0, 0.05) is 42.6 Å². The first kappa shape index (κ1) is 34.4. The average Bonchev–Trinajstić information content (AvgIpc) is 3.49. The van der Waals surface area contributed by atoms with Crippen molar-refractivity contribution in [2.45, 2.75) is 97.1 Å². The maximum Gasteiger partial charge on any atom is 0.339 e. The lowest BCUT2D eigenvalue weighted by Gasteiger charge is -2.41. The summed E-state index contributed by atoms with van der Waals surface area (Å²) in [7, 11) is 1.38. The Labute approximate surface area is 288 Å². The Kier molecular flexibility index (Phi) is 9.70.